The number of hydrogen-bond acceptors (Lipinski definition) is 15. The van der Waals surface area contributed by atoms with E-state index in [1.807, 2.05) is 80.6 Å². The first kappa shape index (κ1) is 63.7. The van der Waals surface area contributed by atoms with E-state index in [0.29, 0.717) is 17.2 Å². The highest BCUT2D eigenvalue weighted by molar-refractivity contribution is 7.56. The molecule has 77 heavy (non-hydrogen) atoms. The minimum atomic E-state index is -3.53. The molecule has 18 nitrogen and oxygen atoms in total. The number of alkyl halides is 4. The second kappa shape index (κ2) is 28.7. The van der Waals surface area contributed by atoms with Gasteiger partial charge in [0.25, 0.3) is 19.4 Å². The first-order chi connectivity index (χ1) is 36.2. The average Bonchev–Trinajstić information content (AvgIpc) is 3.76. The number of rotatable bonds is 18. The van der Waals surface area contributed by atoms with Crippen LogP contribution in [0.2, 0.25) is 0 Å². The summed E-state index contributed by atoms with van der Waals surface area (Å²) in [5.74, 6) is -9.32. The summed E-state index contributed by atoms with van der Waals surface area (Å²) >= 11 is 0. The second-order valence-corrected chi connectivity index (χ2v) is 22.4. The summed E-state index contributed by atoms with van der Waals surface area (Å²) in [7, 11) is -6.70. The normalized spacial score (nSPS) is 23.3. The van der Waals surface area contributed by atoms with Crippen LogP contribution in [0.3, 0.4) is 0 Å². The standard InChI is InChI=1S/C23H30F2N3O5P.C17H20NO4P.C11H14F2N2O3.C2H6/c1-15-11-12-28(18(4)26-15)22-23(24,25)16(2)20(33-22)14-32-34(5,30)27-17(3)21(29)31-13-19-9-7-6-8-10-19;1-14(17(19)21-13-15-9-5-3-6-10-15)18-23(2,20)22-16-11-7-4-8-12-16;1-6-3-4-15(10(17)14-6)9-11(12,13)7(2)8(5-16)18-9;1-2/h6-12,16-17,20,22H,4,13-14H2,1-3,5H3,(H,27,30);3-12,14H,13H2,1-2H3,(H,18,20);3-4,7-9,16H,5H2,1-2H3;1-2H3/t16?,17-,20+,22+,34?;14-,23?;7?,8-,9-;/m001./s1. The molecule has 24 heteroatoms. The number of esters is 2. The summed E-state index contributed by atoms with van der Waals surface area (Å²) in [6.45, 7) is 18.9. The Morgan fingerprint density at radius 2 is 1.23 bits per heavy atom. The molecule has 2 saturated heterocycles. The Labute approximate surface area is 446 Å². The monoisotopic (exact) mass is 1120 g/mol. The Morgan fingerprint density at radius 1 is 0.766 bits per heavy atom. The molecule has 0 saturated carbocycles. The summed E-state index contributed by atoms with van der Waals surface area (Å²) in [5.41, 5.74) is 2.02. The zero-order chi connectivity index (χ0) is 57.3. The van der Waals surface area contributed by atoms with Crippen LogP contribution in [0.25, 0.3) is 0 Å². The fourth-order valence-corrected chi connectivity index (χ4v) is 10.2. The van der Waals surface area contributed by atoms with Crippen LogP contribution in [0.4, 0.5) is 17.6 Å². The van der Waals surface area contributed by atoms with E-state index in [1.165, 1.54) is 57.5 Å². The van der Waals surface area contributed by atoms with Crippen molar-refractivity contribution in [1.82, 2.24) is 24.6 Å². The lowest BCUT2D eigenvalue weighted by atomic mass is 9.99. The topological polar surface area (TPSA) is 218 Å². The molecular formula is C53H70F4N6O12P2. The number of nitrogens with zero attached hydrogens (tertiary/aromatic N) is 4. The maximum absolute atomic E-state index is 15.0. The van der Waals surface area contributed by atoms with Gasteiger partial charge in [-0.2, -0.15) is 4.98 Å². The van der Waals surface area contributed by atoms with E-state index in [0.717, 1.165) is 15.7 Å². The lowest BCUT2D eigenvalue weighted by Gasteiger charge is -2.32. The van der Waals surface area contributed by atoms with Gasteiger partial charge in [-0.15, -0.1) is 0 Å². The second-order valence-electron chi connectivity index (χ2n) is 18.1. The van der Waals surface area contributed by atoms with E-state index in [4.69, 9.17) is 33.1 Å². The van der Waals surface area contributed by atoms with E-state index >= 15 is 0 Å². The van der Waals surface area contributed by atoms with Crippen molar-refractivity contribution in [2.24, 2.45) is 16.8 Å². The summed E-state index contributed by atoms with van der Waals surface area (Å²) in [4.78, 5) is 44.7. The number of benzene rings is 3. The van der Waals surface area contributed by atoms with E-state index in [2.05, 4.69) is 26.7 Å². The molecule has 422 valence electrons. The van der Waals surface area contributed by atoms with Crippen molar-refractivity contribution < 1.29 is 69.4 Å². The van der Waals surface area contributed by atoms with Crippen molar-refractivity contribution in [3.63, 3.8) is 0 Å². The molecule has 0 aliphatic carbocycles. The number of ether oxygens (including phenoxy) is 4. The number of carbonyl (C=O) groups is 2. The van der Waals surface area contributed by atoms with Crippen LogP contribution >= 0.6 is 15.0 Å². The van der Waals surface area contributed by atoms with Gasteiger partial charge in [-0.25, -0.2) is 37.5 Å². The van der Waals surface area contributed by atoms with Crippen LogP contribution in [-0.4, -0.2) is 106 Å². The maximum atomic E-state index is 15.0. The third-order valence-electron chi connectivity index (χ3n) is 11.8. The third-order valence-corrected chi connectivity index (χ3v) is 14.8. The predicted octanol–water partition coefficient (Wildman–Crippen LogP) is 9.65. The highest BCUT2D eigenvalue weighted by atomic mass is 31.2. The van der Waals surface area contributed by atoms with Crippen molar-refractivity contribution >= 4 is 32.7 Å². The third kappa shape index (κ3) is 18.4. The smallest absolute Gasteiger partial charge is 0.350 e. The Hall–Kier alpha value is -5.83. The molecule has 0 bridgehead atoms. The van der Waals surface area contributed by atoms with Crippen LogP contribution in [0.5, 0.6) is 5.75 Å². The van der Waals surface area contributed by atoms with Gasteiger partial charge in [0, 0.05) is 37.1 Å². The van der Waals surface area contributed by atoms with E-state index in [9.17, 15) is 41.1 Å². The van der Waals surface area contributed by atoms with Gasteiger partial charge in [0.05, 0.1) is 37.3 Å². The number of hydrogen-bond donors (Lipinski definition) is 3. The predicted molar refractivity (Wildman–Crippen MR) is 283 cm³/mol. The van der Waals surface area contributed by atoms with Gasteiger partial charge in [-0.3, -0.25) is 23.3 Å². The highest BCUT2D eigenvalue weighted by Gasteiger charge is 2.59. The summed E-state index contributed by atoms with van der Waals surface area (Å²) < 4.78 is 116. The molecule has 4 unspecified atom stereocenters. The van der Waals surface area contributed by atoms with Crippen LogP contribution in [0.1, 0.15) is 71.5 Å². The summed E-state index contributed by atoms with van der Waals surface area (Å²) in [6, 6.07) is 27.1. The van der Waals surface area contributed by atoms with Gasteiger partial charge in [-0.05, 0) is 63.1 Å². The number of allylic oxidation sites excluding steroid dienone is 1. The van der Waals surface area contributed by atoms with Gasteiger partial charge in [-0.1, -0.05) is 113 Å². The van der Waals surface area contributed by atoms with Crippen LogP contribution in [0, 0.1) is 18.8 Å². The number of halogens is 4. The van der Waals surface area contributed by atoms with Gasteiger partial charge in [0.15, 0.2) is 6.23 Å². The fourth-order valence-electron chi connectivity index (χ4n) is 7.52. The van der Waals surface area contributed by atoms with Crippen molar-refractivity contribution in [1.29, 1.82) is 0 Å². The molecule has 3 aromatic carbocycles. The molecule has 3 aliphatic rings. The number of aliphatic hydroxyl groups is 1. The number of para-hydroxylation sites is 1. The number of carbonyl (C=O) groups excluding carboxylic acids is 2. The molecule has 3 aliphatic heterocycles. The molecule has 0 amide bonds. The summed E-state index contributed by atoms with van der Waals surface area (Å²) in [5, 5.41) is 14.3. The molecule has 2 fully saturated rings. The van der Waals surface area contributed by atoms with E-state index in [-0.39, 0.29) is 25.6 Å². The molecule has 10 atom stereocenters. The van der Waals surface area contributed by atoms with Gasteiger partial charge in [0.1, 0.15) is 36.9 Å². The number of aliphatic imine (C=N–C) groups is 1. The number of nitrogens with one attached hydrogen (secondary N) is 2. The Morgan fingerprint density at radius 3 is 1.71 bits per heavy atom. The van der Waals surface area contributed by atoms with Crippen LogP contribution < -0.4 is 20.4 Å². The number of aryl methyl sites for hydroxylation is 1. The SMILES string of the molecule is C=C1N=C(C)C=CN1[C@@H]1O[C@H](COP(C)(=O)N[C@@H](C)C(=O)OCc2ccccc2)C(C)C1(F)F.CC.C[C@H](NP(C)(=O)Oc1ccccc1)C(=O)OCc1ccccc1.Cc1ccn([C@@H]2O[C@H](CO)C(C)C2(F)F)c(=O)n1. The van der Waals surface area contributed by atoms with Gasteiger partial charge < -0.3 is 38.0 Å². The minimum Gasteiger partial charge on any atom is -0.460 e. The van der Waals surface area contributed by atoms with Crippen molar-refractivity contribution in [2.45, 2.75) is 117 Å². The molecular weight excluding hydrogens is 1050 g/mol. The summed E-state index contributed by atoms with van der Waals surface area (Å²) in [6.07, 6.45) is -1.09. The average molecular weight is 1120 g/mol. The Bertz CT molecular complexity index is 2780. The maximum Gasteiger partial charge on any atom is 0.350 e. The highest BCUT2D eigenvalue weighted by Crippen LogP contribution is 2.48. The van der Waals surface area contributed by atoms with Gasteiger partial charge in [0.2, 0.25) is 6.23 Å². The quantitative estimate of drug-likeness (QED) is 0.0480. The van der Waals surface area contributed by atoms with Crippen LogP contribution in [0.15, 0.2) is 138 Å². The largest absolute Gasteiger partial charge is 0.460 e. The van der Waals surface area contributed by atoms with Gasteiger partial charge >= 0.3 is 25.1 Å². The van der Waals surface area contributed by atoms with E-state index < -0.39 is 99.7 Å². The zero-order valence-corrected chi connectivity index (χ0v) is 46.5. The number of aliphatic hydroxyl groups excluding tert-OH is 1. The van der Waals surface area contributed by atoms with Crippen molar-refractivity contribution in [3.8, 4) is 5.75 Å². The minimum absolute atomic E-state index is 0.0737. The fraction of sp³-hybridized carbons (Fsp3) is 0.453. The molecule has 0 spiro atoms. The van der Waals surface area contributed by atoms with Crippen molar-refractivity contribution in [2.75, 3.05) is 26.5 Å². The molecule has 4 heterocycles. The zero-order valence-electron chi connectivity index (χ0n) is 44.8. The van der Waals surface area contributed by atoms with Crippen LogP contribution in [-0.2, 0) is 55.4 Å². The number of aromatic nitrogens is 2. The molecule has 4 aromatic rings. The molecule has 0 radical (unpaired) electrons. The Kier molecular flexibility index (Phi) is 23.7. The van der Waals surface area contributed by atoms with Crippen molar-refractivity contribution in [3.05, 3.63) is 155 Å². The molecule has 7 rings (SSSR count). The lowest BCUT2D eigenvalue weighted by molar-refractivity contribution is -0.147. The first-order valence-electron chi connectivity index (χ1n) is 24.7. The Balaban J connectivity index is 0.000000259. The molecule has 3 N–H and O–H groups in total. The molecule has 1 aromatic heterocycles. The first-order valence-corrected chi connectivity index (χ1v) is 28.8. The lowest BCUT2D eigenvalue weighted by Crippen LogP contribution is -2.44. The van der Waals surface area contributed by atoms with E-state index in [1.54, 1.807) is 51.1 Å².